The first-order valence-electron chi connectivity index (χ1n) is 12.4. The molecular weight excluding hydrogens is 472 g/mol. The fraction of sp³-hybridized carbons (Fsp3) is 0.321. The second kappa shape index (κ2) is 8.59. The highest BCUT2D eigenvalue weighted by Gasteiger charge is 2.56. The Balaban J connectivity index is 1.55. The summed E-state index contributed by atoms with van der Waals surface area (Å²) in [6, 6.07) is 13.4. The molecule has 1 amide bonds. The molecule has 0 radical (unpaired) electrons. The van der Waals surface area contributed by atoms with E-state index in [9.17, 15) is 14.9 Å². The molecule has 0 fully saturated rings. The third-order valence-electron chi connectivity index (χ3n) is 7.35. The average Bonchev–Trinajstić information content (AvgIpc) is 3.04. The van der Waals surface area contributed by atoms with Gasteiger partial charge in [0.25, 0.3) is 0 Å². The third-order valence-corrected chi connectivity index (χ3v) is 7.35. The number of carbonyl (C=O) groups is 2. The summed E-state index contributed by atoms with van der Waals surface area (Å²) in [5.74, 6) is 0.656. The van der Waals surface area contributed by atoms with Crippen molar-refractivity contribution in [3.63, 3.8) is 0 Å². The van der Waals surface area contributed by atoms with Crippen LogP contribution in [0.15, 0.2) is 53.9 Å². The normalized spacial score (nSPS) is 21.5. The van der Waals surface area contributed by atoms with Crippen molar-refractivity contribution >= 4 is 23.3 Å². The number of fused-ring (bicyclic) bond motifs is 6. The number of para-hydroxylation sites is 1. The summed E-state index contributed by atoms with van der Waals surface area (Å²) in [6.07, 6.45) is 3.31. The molecule has 0 saturated carbocycles. The number of esters is 1. The zero-order chi connectivity index (χ0) is 25.7. The van der Waals surface area contributed by atoms with Gasteiger partial charge in [-0.1, -0.05) is 18.2 Å². The fourth-order valence-electron chi connectivity index (χ4n) is 5.71. The molecule has 188 valence electrons. The molecule has 4 aliphatic heterocycles. The van der Waals surface area contributed by atoms with E-state index in [0.29, 0.717) is 48.9 Å². The highest BCUT2D eigenvalue weighted by molar-refractivity contribution is 6.15. The Labute approximate surface area is 214 Å². The second-order valence-electron chi connectivity index (χ2n) is 9.33. The quantitative estimate of drug-likeness (QED) is 0.642. The molecule has 1 spiro atoms. The SMILES string of the molecule is CCOC(=O)CN1C(=O)C2(C=C3c4cc5c(cc4CCN3C(N)=C2C#N)OCCCO5)c2ccccc21. The molecule has 9 heteroatoms. The number of rotatable bonds is 3. The van der Waals surface area contributed by atoms with Gasteiger partial charge in [-0.25, -0.2) is 0 Å². The molecule has 37 heavy (non-hydrogen) atoms. The lowest BCUT2D eigenvalue weighted by Gasteiger charge is -2.41. The molecule has 6 rings (SSSR count). The van der Waals surface area contributed by atoms with E-state index in [2.05, 4.69) is 6.07 Å². The van der Waals surface area contributed by atoms with Gasteiger partial charge in [0.05, 0.1) is 25.4 Å². The summed E-state index contributed by atoms with van der Waals surface area (Å²) >= 11 is 0. The Bertz CT molecular complexity index is 1440. The number of carbonyl (C=O) groups excluding carboxylic acids is 2. The monoisotopic (exact) mass is 498 g/mol. The van der Waals surface area contributed by atoms with Crippen molar-refractivity contribution in [2.24, 2.45) is 5.73 Å². The molecule has 0 saturated heterocycles. The maximum atomic E-state index is 14.2. The van der Waals surface area contributed by atoms with E-state index >= 15 is 0 Å². The Hall–Kier alpha value is -4.45. The van der Waals surface area contributed by atoms with Crippen molar-refractivity contribution in [3.05, 3.63) is 70.6 Å². The van der Waals surface area contributed by atoms with Crippen molar-refractivity contribution in [3.8, 4) is 17.6 Å². The van der Waals surface area contributed by atoms with Crippen molar-refractivity contribution in [1.29, 1.82) is 5.26 Å². The average molecular weight is 499 g/mol. The minimum atomic E-state index is -1.47. The van der Waals surface area contributed by atoms with E-state index in [1.54, 1.807) is 19.1 Å². The predicted octanol–water partition coefficient (Wildman–Crippen LogP) is 2.60. The zero-order valence-electron chi connectivity index (χ0n) is 20.5. The van der Waals surface area contributed by atoms with Gasteiger partial charge in [0.2, 0.25) is 5.91 Å². The molecule has 9 nitrogen and oxygen atoms in total. The number of ether oxygens (including phenoxy) is 3. The van der Waals surface area contributed by atoms with Crippen LogP contribution in [0.3, 0.4) is 0 Å². The van der Waals surface area contributed by atoms with Gasteiger partial charge in [-0.3, -0.25) is 14.5 Å². The zero-order valence-corrected chi connectivity index (χ0v) is 20.5. The van der Waals surface area contributed by atoms with Gasteiger partial charge >= 0.3 is 5.97 Å². The number of hydrogen-bond acceptors (Lipinski definition) is 8. The summed E-state index contributed by atoms with van der Waals surface area (Å²) in [4.78, 5) is 29.9. The molecule has 2 N–H and O–H groups in total. The van der Waals surface area contributed by atoms with E-state index in [0.717, 1.165) is 23.2 Å². The van der Waals surface area contributed by atoms with Crippen LogP contribution in [0.25, 0.3) is 5.70 Å². The largest absolute Gasteiger partial charge is 0.490 e. The lowest BCUT2D eigenvalue weighted by molar-refractivity contribution is -0.142. The summed E-state index contributed by atoms with van der Waals surface area (Å²) in [6.45, 7) is 3.35. The third kappa shape index (κ3) is 3.29. The van der Waals surface area contributed by atoms with Crippen LogP contribution in [0.5, 0.6) is 11.5 Å². The van der Waals surface area contributed by atoms with Crippen LogP contribution in [0.1, 0.15) is 30.0 Å². The van der Waals surface area contributed by atoms with E-state index < -0.39 is 17.3 Å². The first kappa shape index (κ1) is 23.0. The maximum Gasteiger partial charge on any atom is 0.326 e. The molecule has 4 heterocycles. The van der Waals surface area contributed by atoms with Gasteiger partial charge in [-0.05, 0) is 43.2 Å². The van der Waals surface area contributed by atoms with Crippen molar-refractivity contribution in [2.45, 2.75) is 25.2 Å². The summed E-state index contributed by atoms with van der Waals surface area (Å²) in [5.41, 5.74) is 9.17. The van der Waals surface area contributed by atoms with Gasteiger partial charge < -0.3 is 24.8 Å². The maximum absolute atomic E-state index is 14.2. The number of nitriles is 1. The number of anilines is 1. The lowest BCUT2D eigenvalue weighted by Crippen LogP contribution is -2.48. The van der Waals surface area contributed by atoms with Crippen LogP contribution in [-0.4, -0.2) is 49.7 Å². The number of benzene rings is 2. The van der Waals surface area contributed by atoms with E-state index in [-0.39, 0.29) is 24.5 Å². The molecule has 2 aromatic carbocycles. The molecular formula is C28H26N4O5. The van der Waals surface area contributed by atoms with E-state index in [4.69, 9.17) is 19.9 Å². The molecule has 2 aromatic rings. The minimum Gasteiger partial charge on any atom is -0.490 e. The van der Waals surface area contributed by atoms with Gasteiger partial charge in [0, 0.05) is 35.5 Å². The van der Waals surface area contributed by atoms with E-state index in [1.165, 1.54) is 4.90 Å². The molecule has 1 unspecified atom stereocenters. The van der Waals surface area contributed by atoms with Crippen LogP contribution in [0.4, 0.5) is 5.69 Å². The number of nitrogens with two attached hydrogens (primary N) is 1. The first-order valence-corrected chi connectivity index (χ1v) is 12.4. The van der Waals surface area contributed by atoms with Gasteiger partial charge in [-0.15, -0.1) is 0 Å². The van der Waals surface area contributed by atoms with Gasteiger partial charge in [-0.2, -0.15) is 5.26 Å². The van der Waals surface area contributed by atoms with Crippen molar-refractivity contribution in [1.82, 2.24) is 4.90 Å². The van der Waals surface area contributed by atoms with Crippen LogP contribution in [-0.2, 0) is 26.2 Å². The summed E-state index contributed by atoms with van der Waals surface area (Å²) in [7, 11) is 0. The smallest absolute Gasteiger partial charge is 0.326 e. The molecule has 4 aliphatic rings. The predicted molar refractivity (Wildman–Crippen MR) is 134 cm³/mol. The lowest BCUT2D eigenvalue weighted by atomic mass is 9.71. The molecule has 0 bridgehead atoms. The molecule has 1 atom stereocenters. The van der Waals surface area contributed by atoms with Crippen LogP contribution >= 0.6 is 0 Å². The second-order valence-corrected chi connectivity index (χ2v) is 9.33. The Morgan fingerprint density at radius 3 is 2.73 bits per heavy atom. The highest BCUT2D eigenvalue weighted by Crippen LogP contribution is 2.53. The van der Waals surface area contributed by atoms with Gasteiger partial charge in [0.1, 0.15) is 23.8 Å². The molecule has 0 aromatic heterocycles. The van der Waals surface area contributed by atoms with Gasteiger partial charge in [0.15, 0.2) is 11.5 Å². The Kier molecular flexibility index (Phi) is 5.33. The summed E-state index contributed by atoms with van der Waals surface area (Å²) < 4.78 is 17.0. The topological polar surface area (TPSA) is 118 Å². The van der Waals surface area contributed by atoms with Crippen LogP contribution < -0.4 is 20.1 Å². The number of amides is 1. The van der Waals surface area contributed by atoms with E-state index in [1.807, 2.05) is 35.2 Å². The van der Waals surface area contributed by atoms with Crippen molar-refractivity contribution < 1.29 is 23.8 Å². The van der Waals surface area contributed by atoms with Crippen molar-refractivity contribution in [2.75, 3.05) is 37.8 Å². The highest BCUT2D eigenvalue weighted by atomic mass is 16.5. The minimum absolute atomic E-state index is 0.151. The standard InChI is InChI=1S/C28H26N4O5/c1-2-35-25(33)16-32-21-7-4-3-6-19(21)28(27(32)34)14-22-18-13-24-23(36-10-5-11-37-24)12-17(18)8-9-31(22)26(30)20(28)15-29/h3-4,6-7,12-14H,2,5,8-11,16,30H2,1H3. The number of hydrogen-bond donors (Lipinski definition) is 1. The van der Waals surface area contributed by atoms with Crippen LogP contribution in [0, 0.1) is 11.3 Å². The Morgan fingerprint density at radius 1 is 1.22 bits per heavy atom. The fourth-order valence-corrected chi connectivity index (χ4v) is 5.71. The summed E-state index contributed by atoms with van der Waals surface area (Å²) in [5, 5.41) is 10.3. The van der Waals surface area contributed by atoms with Crippen LogP contribution in [0.2, 0.25) is 0 Å². The Morgan fingerprint density at radius 2 is 1.97 bits per heavy atom. The number of nitrogens with zero attached hydrogens (tertiary/aromatic N) is 3. The molecule has 0 aliphatic carbocycles. The first-order chi connectivity index (χ1) is 18.0.